The second kappa shape index (κ2) is 15.9. The molecule has 0 saturated carbocycles. The number of ketones is 1. The number of methoxy groups -OCH3 is 1. The lowest BCUT2D eigenvalue weighted by atomic mass is 10.0. The van der Waals surface area contributed by atoms with Crippen LogP contribution in [0, 0.1) is 0 Å². The number of nitrogens with zero attached hydrogens (tertiary/aromatic N) is 2. The van der Waals surface area contributed by atoms with Gasteiger partial charge in [-0.25, -0.2) is 0 Å². The smallest absolute Gasteiger partial charge is 0.307 e. The highest BCUT2D eigenvalue weighted by Gasteiger charge is 2.25. The number of esters is 1. The molecule has 0 fully saturated rings. The molecular formula is C35H48N2O6. The van der Waals surface area contributed by atoms with Crippen LogP contribution in [0.25, 0.3) is 0 Å². The maximum atomic E-state index is 12.7. The summed E-state index contributed by atoms with van der Waals surface area (Å²) < 4.78 is 17.1. The van der Waals surface area contributed by atoms with E-state index in [1.165, 1.54) is 22.3 Å². The molecule has 8 nitrogen and oxygen atoms in total. The Hall–Kier alpha value is -3.39. The number of fused-ring (bicyclic) bond motifs is 2. The number of amides is 1. The van der Waals surface area contributed by atoms with Gasteiger partial charge >= 0.3 is 5.97 Å². The Balaban J connectivity index is 1.26. The van der Waals surface area contributed by atoms with E-state index in [0.717, 1.165) is 67.8 Å². The molecule has 0 spiro atoms. The van der Waals surface area contributed by atoms with E-state index in [-0.39, 0.29) is 24.1 Å². The van der Waals surface area contributed by atoms with Crippen molar-refractivity contribution < 1.29 is 28.6 Å². The van der Waals surface area contributed by atoms with Crippen molar-refractivity contribution in [3.8, 4) is 11.5 Å². The molecule has 2 heterocycles. The topological polar surface area (TPSA) is 85.4 Å². The molecule has 0 bridgehead atoms. The van der Waals surface area contributed by atoms with Gasteiger partial charge in [0.25, 0.3) is 0 Å². The van der Waals surface area contributed by atoms with Gasteiger partial charge in [-0.3, -0.25) is 19.3 Å². The normalized spacial score (nSPS) is 14.0. The molecule has 4 rings (SSSR count). The fourth-order valence-electron chi connectivity index (χ4n) is 6.05. The van der Waals surface area contributed by atoms with Crippen molar-refractivity contribution >= 4 is 17.7 Å². The van der Waals surface area contributed by atoms with Crippen molar-refractivity contribution in [2.24, 2.45) is 0 Å². The molecule has 2 aliphatic rings. The number of benzene rings is 2. The van der Waals surface area contributed by atoms with Gasteiger partial charge in [0, 0.05) is 52.0 Å². The monoisotopic (exact) mass is 592 g/mol. The number of hydrogen-bond donors (Lipinski definition) is 0. The molecule has 0 aliphatic carbocycles. The summed E-state index contributed by atoms with van der Waals surface area (Å²) in [5, 5.41) is 0. The van der Waals surface area contributed by atoms with E-state index in [4.69, 9.17) is 14.2 Å². The summed E-state index contributed by atoms with van der Waals surface area (Å²) >= 11 is 0. The number of rotatable bonds is 17. The first-order valence-corrected chi connectivity index (χ1v) is 16.0. The largest absolute Gasteiger partial charge is 0.496 e. The van der Waals surface area contributed by atoms with E-state index in [0.29, 0.717) is 52.1 Å². The first-order chi connectivity index (χ1) is 20.8. The molecule has 234 valence electrons. The van der Waals surface area contributed by atoms with Crippen molar-refractivity contribution in [1.29, 1.82) is 0 Å². The van der Waals surface area contributed by atoms with Gasteiger partial charge in [-0.2, -0.15) is 0 Å². The van der Waals surface area contributed by atoms with E-state index in [9.17, 15) is 14.4 Å². The number of hydrogen-bond acceptors (Lipinski definition) is 7. The minimum absolute atomic E-state index is 0.0423. The quantitative estimate of drug-likeness (QED) is 0.167. The van der Waals surface area contributed by atoms with Crippen LogP contribution in [-0.2, 0) is 58.1 Å². The van der Waals surface area contributed by atoms with Crippen LogP contribution in [0.4, 0.5) is 0 Å². The zero-order chi connectivity index (χ0) is 30.8. The highest BCUT2D eigenvalue weighted by atomic mass is 16.5. The molecule has 1 amide bonds. The molecule has 2 aliphatic heterocycles. The zero-order valence-electron chi connectivity index (χ0n) is 26.5. The number of carbonyl (C=O) groups is 3. The van der Waals surface area contributed by atoms with Crippen LogP contribution in [-0.4, -0.2) is 54.3 Å². The Labute approximate surface area is 256 Å². The maximum Gasteiger partial charge on any atom is 0.307 e. The van der Waals surface area contributed by atoms with Gasteiger partial charge in [0.1, 0.15) is 17.3 Å². The Bertz CT molecular complexity index is 1290. The Morgan fingerprint density at radius 3 is 2.14 bits per heavy atom. The molecule has 0 saturated heterocycles. The average molecular weight is 593 g/mol. The van der Waals surface area contributed by atoms with E-state index in [1.807, 2.05) is 18.7 Å². The summed E-state index contributed by atoms with van der Waals surface area (Å²) in [4.78, 5) is 40.5. The predicted molar refractivity (Wildman–Crippen MR) is 166 cm³/mol. The standard InChI is InChI=1S/C35H48N2O6/c1-5-10-31(38)12-13-34(39)37-23-28-18-26(32(41-4)19-30(28)24-37)11-8-9-16-43-33-20-29-22-36(15-14-35(40)42-7-3)21-27(29)17-25(33)6-2/h17-20H,5-16,21-24H2,1-4H3. The second-order valence-corrected chi connectivity index (χ2v) is 11.6. The van der Waals surface area contributed by atoms with E-state index >= 15 is 0 Å². The third-order valence-corrected chi connectivity index (χ3v) is 8.41. The lowest BCUT2D eigenvalue weighted by Gasteiger charge is -2.14. The van der Waals surface area contributed by atoms with Crippen LogP contribution in [0.1, 0.15) is 99.1 Å². The van der Waals surface area contributed by atoms with Gasteiger partial charge in [-0.15, -0.1) is 0 Å². The Morgan fingerprint density at radius 2 is 1.44 bits per heavy atom. The maximum absolute atomic E-state index is 12.7. The van der Waals surface area contributed by atoms with Crippen molar-refractivity contribution in [2.45, 2.75) is 105 Å². The number of aryl methyl sites for hydroxylation is 2. The highest BCUT2D eigenvalue weighted by molar-refractivity contribution is 5.85. The summed E-state index contributed by atoms with van der Waals surface area (Å²) in [5.41, 5.74) is 7.27. The zero-order valence-corrected chi connectivity index (χ0v) is 26.5. The highest BCUT2D eigenvalue weighted by Crippen LogP contribution is 2.33. The van der Waals surface area contributed by atoms with Gasteiger partial charge in [0.2, 0.25) is 5.91 Å². The first kappa shape index (κ1) is 32.5. The molecule has 0 radical (unpaired) electrons. The van der Waals surface area contributed by atoms with Crippen LogP contribution in [0.15, 0.2) is 24.3 Å². The van der Waals surface area contributed by atoms with Crippen molar-refractivity contribution in [3.05, 3.63) is 57.6 Å². The van der Waals surface area contributed by atoms with Gasteiger partial charge < -0.3 is 19.1 Å². The lowest BCUT2D eigenvalue weighted by molar-refractivity contribution is -0.143. The van der Waals surface area contributed by atoms with Crippen LogP contribution < -0.4 is 9.47 Å². The van der Waals surface area contributed by atoms with Crippen LogP contribution in [0.3, 0.4) is 0 Å². The second-order valence-electron chi connectivity index (χ2n) is 11.6. The summed E-state index contributed by atoms with van der Waals surface area (Å²) in [6.45, 7) is 10.6. The van der Waals surface area contributed by atoms with Gasteiger partial charge in [-0.05, 0) is 90.6 Å². The summed E-state index contributed by atoms with van der Waals surface area (Å²) in [7, 11) is 1.70. The SMILES string of the molecule is CCCC(=O)CCC(=O)N1Cc2cc(CCCCOc3cc4c(cc3CC)CN(CCC(=O)OCC)C4)c(OC)cc2C1. The molecule has 8 heteroatoms. The van der Waals surface area contributed by atoms with Crippen LogP contribution in [0.5, 0.6) is 11.5 Å². The summed E-state index contributed by atoms with van der Waals surface area (Å²) in [6, 6.07) is 8.72. The molecule has 2 aromatic carbocycles. The molecule has 0 atom stereocenters. The fraction of sp³-hybridized carbons (Fsp3) is 0.571. The minimum Gasteiger partial charge on any atom is -0.496 e. The minimum atomic E-state index is -0.141. The van der Waals surface area contributed by atoms with E-state index in [2.05, 4.69) is 36.1 Å². The average Bonchev–Trinajstić information content (AvgIpc) is 3.61. The molecule has 0 aromatic heterocycles. The van der Waals surface area contributed by atoms with Gasteiger partial charge in [0.05, 0.1) is 26.7 Å². The number of carbonyl (C=O) groups excluding carboxylic acids is 3. The van der Waals surface area contributed by atoms with Crippen LogP contribution >= 0.6 is 0 Å². The van der Waals surface area contributed by atoms with Crippen molar-refractivity contribution in [2.75, 3.05) is 26.9 Å². The number of Topliss-reactive ketones (excluding diaryl/α,β-unsaturated/α-hetero) is 1. The molecule has 0 unspecified atom stereocenters. The third kappa shape index (κ3) is 8.82. The van der Waals surface area contributed by atoms with Gasteiger partial charge in [-0.1, -0.05) is 19.9 Å². The third-order valence-electron chi connectivity index (χ3n) is 8.41. The first-order valence-electron chi connectivity index (χ1n) is 16.0. The number of unbranched alkanes of at least 4 members (excludes halogenated alkanes) is 1. The van der Waals surface area contributed by atoms with Crippen molar-refractivity contribution in [1.82, 2.24) is 9.80 Å². The molecule has 0 N–H and O–H groups in total. The summed E-state index contributed by atoms with van der Waals surface area (Å²) in [5.74, 6) is 1.90. The number of ether oxygens (including phenoxy) is 3. The summed E-state index contributed by atoms with van der Waals surface area (Å²) in [6.07, 6.45) is 6.07. The van der Waals surface area contributed by atoms with E-state index < -0.39 is 0 Å². The predicted octanol–water partition coefficient (Wildman–Crippen LogP) is 5.92. The lowest BCUT2D eigenvalue weighted by Crippen LogP contribution is -2.25. The van der Waals surface area contributed by atoms with Gasteiger partial charge in [0.15, 0.2) is 0 Å². The fourth-order valence-corrected chi connectivity index (χ4v) is 6.05. The Kier molecular flexibility index (Phi) is 12.0. The van der Waals surface area contributed by atoms with Crippen molar-refractivity contribution in [3.63, 3.8) is 0 Å². The van der Waals surface area contributed by atoms with E-state index in [1.54, 1.807) is 7.11 Å². The molecular weight excluding hydrogens is 544 g/mol. The molecule has 2 aromatic rings. The molecule has 43 heavy (non-hydrogen) atoms. The van der Waals surface area contributed by atoms with Crippen LogP contribution in [0.2, 0.25) is 0 Å². The Morgan fingerprint density at radius 1 is 0.767 bits per heavy atom.